The van der Waals surface area contributed by atoms with E-state index in [2.05, 4.69) is 0 Å². The van der Waals surface area contributed by atoms with Gasteiger partial charge in [0.05, 0.1) is 0 Å². The molecule has 0 amide bonds. The van der Waals surface area contributed by atoms with Gasteiger partial charge < -0.3 is 0 Å². The van der Waals surface area contributed by atoms with Gasteiger partial charge in [-0.3, -0.25) is 0 Å². The molecule has 0 saturated heterocycles. The van der Waals surface area contributed by atoms with Crippen molar-refractivity contribution in [3.8, 4) is 0 Å². The topological polar surface area (TPSA) is 29.5 Å². The number of alkyl halides is 3. The first-order valence-electron chi connectivity index (χ1n) is 8.00. The summed E-state index contributed by atoms with van der Waals surface area (Å²) in [5.41, 5.74) is 0.795. The number of hydrogen-bond acceptors (Lipinski definition) is 2. The first kappa shape index (κ1) is 20.3. The number of ether oxygens (including phenoxy) is 1. The van der Waals surface area contributed by atoms with Crippen LogP contribution in [0.15, 0.2) is 77.0 Å². The molecule has 0 aliphatic carbocycles. The van der Waals surface area contributed by atoms with Crippen molar-refractivity contribution < 1.29 is 23.0 Å². The Balaban J connectivity index is 2.39. The summed E-state index contributed by atoms with van der Waals surface area (Å²) in [4.78, 5) is 0. The molecular weight excluding hydrogens is 408 g/mol. The summed E-state index contributed by atoms with van der Waals surface area (Å²) in [5, 5.41) is 10.5. The summed E-state index contributed by atoms with van der Waals surface area (Å²) in [6, 6.07) is 17.9. The van der Waals surface area contributed by atoms with Crippen LogP contribution in [0.1, 0.15) is 12.5 Å². The van der Waals surface area contributed by atoms with E-state index in [1.54, 1.807) is 36.4 Å². The zero-order chi connectivity index (χ0) is 19.0. The Hall–Kier alpha value is -2.01. The van der Waals surface area contributed by atoms with Gasteiger partial charge in [-0.05, 0) is 0 Å². The fourth-order valence-electron chi connectivity index (χ4n) is 2.15. The van der Waals surface area contributed by atoms with Crippen LogP contribution in [0.5, 0.6) is 0 Å². The van der Waals surface area contributed by atoms with Crippen molar-refractivity contribution in [1.29, 1.82) is 0 Å². The number of hydrogen-bond donors (Lipinski definition) is 1. The van der Waals surface area contributed by atoms with Crippen LogP contribution in [-0.4, -0.2) is 39.0 Å². The number of benzene rings is 2. The molecule has 26 heavy (non-hydrogen) atoms. The van der Waals surface area contributed by atoms with Crippen LogP contribution >= 0.6 is 0 Å². The molecule has 6 heteroatoms. The normalized spacial score (nSPS) is 14.2. The van der Waals surface area contributed by atoms with E-state index >= 15 is 0 Å². The average molecular weight is 427 g/mol. The summed E-state index contributed by atoms with van der Waals surface area (Å²) in [5.74, 6) is -1.10. The summed E-state index contributed by atoms with van der Waals surface area (Å²) < 4.78 is 45.9. The minimum atomic E-state index is -4.66. The van der Waals surface area contributed by atoms with Crippen LogP contribution in [-0.2, 0) is 4.74 Å². The van der Waals surface area contributed by atoms with Gasteiger partial charge in [0.2, 0.25) is 0 Å². The van der Waals surface area contributed by atoms with E-state index in [0.29, 0.717) is 0 Å². The molecule has 1 unspecified atom stereocenters. The number of aliphatic hydroxyl groups is 1. The van der Waals surface area contributed by atoms with Crippen LogP contribution in [0.25, 0.3) is 6.08 Å². The predicted molar refractivity (Wildman–Crippen MR) is 98.0 cm³/mol. The van der Waals surface area contributed by atoms with Gasteiger partial charge in [-0.2, -0.15) is 0 Å². The average Bonchev–Trinajstić information content (AvgIpc) is 2.63. The Morgan fingerprint density at radius 3 is 2.19 bits per heavy atom. The molecule has 2 aromatic rings. The van der Waals surface area contributed by atoms with Crippen molar-refractivity contribution in [3.63, 3.8) is 0 Å². The predicted octanol–water partition coefficient (Wildman–Crippen LogP) is 3.90. The second kappa shape index (κ2) is 9.62. The molecule has 2 nitrogen and oxygen atoms in total. The van der Waals surface area contributed by atoms with Gasteiger partial charge in [0.15, 0.2) is 0 Å². The Kier molecular flexibility index (Phi) is 7.51. The monoisotopic (exact) mass is 428 g/mol. The van der Waals surface area contributed by atoms with Crippen molar-refractivity contribution in [2.75, 3.05) is 6.61 Å². The minimum absolute atomic E-state index is 0.127. The molecule has 0 radical (unpaired) electrons. The summed E-state index contributed by atoms with van der Waals surface area (Å²) in [6.07, 6.45) is -3.09. The molecule has 0 saturated carbocycles. The molecule has 0 heterocycles. The number of allylic oxidation sites excluding steroid dienone is 1. The van der Waals surface area contributed by atoms with Gasteiger partial charge >= 0.3 is 157 Å². The number of rotatable bonds is 7. The third-order valence-corrected chi connectivity index (χ3v) is 5.70. The van der Waals surface area contributed by atoms with E-state index in [0.717, 1.165) is 10.0 Å². The van der Waals surface area contributed by atoms with Crippen molar-refractivity contribution in [3.05, 3.63) is 82.5 Å². The van der Waals surface area contributed by atoms with E-state index in [4.69, 9.17) is 4.74 Å². The third kappa shape index (κ3) is 6.06. The number of halogens is 3. The van der Waals surface area contributed by atoms with Crippen LogP contribution in [0, 0.1) is 0 Å². The van der Waals surface area contributed by atoms with Crippen molar-refractivity contribution in [2.24, 2.45) is 0 Å². The molecule has 0 spiro atoms. The third-order valence-electron chi connectivity index (χ3n) is 3.28. The molecule has 2 aromatic carbocycles. The van der Waals surface area contributed by atoms with E-state index in [1.165, 1.54) is 13.0 Å². The maximum atomic E-state index is 13.5. The molecule has 0 aliphatic rings. The molecule has 1 N–H and O–H groups in total. The van der Waals surface area contributed by atoms with Gasteiger partial charge in [0.25, 0.3) is 0 Å². The summed E-state index contributed by atoms with van der Waals surface area (Å²) >= 11 is -0.734. The van der Waals surface area contributed by atoms with Crippen LogP contribution in [0.2, 0.25) is 0 Å². The SMILES string of the molecule is CCO/C(=C(/[Se]c1ccccc1)C(O)/C=C/c1ccccc1)C(F)(F)F. The van der Waals surface area contributed by atoms with Crippen LogP contribution in [0.4, 0.5) is 13.2 Å². The van der Waals surface area contributed by atoms with Crippen LogP contribution in [0.3, 0.4) is 0 Å². The van der Waals surface area contributed by atoms with Crippen LogP contribution < -0.4 is 4.46 Å². The molecule has 0 aliphatic heterocycles. The van der Waals surface area contributed by atoms with E-state index in [-0.39, 0.29) is 11.1 Å². The van der Waals surface area contributed by atoms with Crippen molar-refractivity contribution in [1.82, 2.24) is 0 Å². The zero-order valence-electron chi connectivity index (χ0n) is 14.1. The van der Waals surface area contributed by atoms with Gasteiger partial charge in [-0.15, -0.1) is 0 Å². The van der Waals surface area contributed by atoms with E-state index in [9.17, 15) is 18.3 Å². The van der Waals surface area contributed by atoms with Gasteiger partial charge in [-0.25, -0.2) is 0 Å². The molecule has 138 valence electrons. The standard InChI is InChI=1S/C20H19F3O2Se/c1-2-25-19(20(21,22)23)18(26-16-11-7-4-8-12-16)17(24)14-13-15-9-5-3-6-10-15/h3-14,17,24H,2H2,1H3/b14-13+,19-18+. The Morgan fingerprint density at radius 1 is 1.08 bits per heavy atom. The maximum absolute atomic E-state index is 13.5. The van der Waals surface area contributed by atoms with Gasteiger partial charge in [-0.1, -0.05) is 0 Å². The second-order valence-electron chi connectivity index (χ2n) is 5.25. The second-order valence-corrected chi connectivity index (χ2v) is 7.59. The van der Waals surface area contributed by atoms with E-state index in [1.807, 2.05) is 30.3 Å². The van der Waals surface area contributed by atoms with Gasteiger partial charge in [0, 0.05) is 0 Å². The summed E-state index contributed by atoms with van der Waals surface area (Å²) in [7, 11) is 0. The van der Waals surface area contributed by atoms with E-state index < -0.39 is 33.0 Å². The Morgan fingerprint density at radius 2 is 1.65 bits per heavy atom. The van der Waals surface area contributed by atoms with Crippen molar-refractivity contribution in [2.45, 2.75) is 19.2 Å². The first-order chi connectivity index (χ1) is 12.4. The molecule has 0 fully saturated rings. The fourth-order valence-corrected chi connectivity index (χ4v) is 4.27. The quantitative estimate of drug-likeness (QED) is 0.537. The fraction of sp³-hybridized carbons (Fsp3) is 0.200. The molecule has 2 rings (SSSR count). The molecule has 0 bridgehead atoms. The first-order valence-corrected chi connectivity index (χ1v) is 9.71. The van der Waals surface area contributed by atoms with Gasteiger partial charge in [0.1, 0.15) is 0 Å². The molecule has 0 aromatic heterocycles. The number of aliphatic hydroxyl groups excluding tert-OH is 1. The zero-order valence-corrected chi connectivity index (χ0v) is 15.8. The summed E-state index contributed by atoms with van der Waals surface area (Å²) in [6.45, 7) is 1.36. The van der Waals surface area contributed by atoms with Crippen molar-refractivity contribution >= 4 is 25.5 Å². The molecule has 1 atom stereocenters. The Bertz CT molecular complexity index is 741. The Labute approximate surface area is 157 Å². The molecular formula is C20H19F3O2Se.